The number of carbonyl (C=O) groups excluding carboxylic acids is 1. The topological polar surface area (TPSA) is 54.0 Å². The van der Waals surface area contributed by atoms with E-state index < -0.39 is 0 Å². The van der Waals surface area contributed by atoms with E-state index in [0.29, 0.717) is 12.2 Å². The van der Waals surface area contributed by atoms with Crippen LogP contribution in [0.5, 0.6) is 0 Å². The maximum Gasteiger partial charge on any atom is 0.269 e. The third-order valence-corrected chi connectivity index (χ3v) is 2.44. The summed E-state index contributed by atoms with van der Waals surface area (Å²) in [5, 5.41) is 5.86. The average molecular weight is 235 g/mol. The average Bonchev–Trinajstić information content (AvgIpc) is 2.27. The van der Waals surface area contributed by atoms with E-state index in [1.54, 1.807) is 12.3 Å². The smallest absolute Gasteiger partial charge is 0.269 e. The minimum absolute atomic E-state index is 0.119. The Hall–Kier alpha value is -1.58. The summed E-state index contributed by atoms with van der Waals surface area (Å²) in [5.41, 5.74) is 1.57. The van der Waals surface area contributed by atoms with E-state index in [1.807, 2.05) is 13.1 Å². The van der Waals surface area contributed by atoms with Gasteiger partial charge in [-0.3, -0.25) is 9.78 Å². The van der Waals surface area contributed by atoms with Crippen molar-refractivity contribution in [3.63, 3.8) is 0 Å². The minimum Gasteiger partial charge on any atom is -0.388 e. The van der Waals surface area contributed by atoms with Crippen molar-refractivity contribution >= 4 is 11.6 Å². The lowest BCUT2D eigenvalue weighted by Gasteiger charge is -2.17. The molecule has 2 N–H and O–H groups in total. The van der Waals surface area contributed by atoms with Crippen molar-refractivity contribution in [3.05, 3.63) is 24.0 Å². The third-order valence-electron chi connectivity index (χ3n) is 2.44. The maximum absolute atomic E-state index is 11.8. The lowest BCUT2D eigenvalue weighted by molar-refractivity contribution is 0.0944. The van der Waals surface area contributed by atoms with E-state index in [0.717, 1.165) is 12.1 Å². The summed E-state index contributed by atoms with van der Waals surface area (Å²) in [4.78, 5) is 15.8. The molecular weight excluding hydrogens is 214 g/mol. The summed E-state index contributed by atoms with van der Waals surface area (Å²) in [6.07, 6.45) is 2.58. The van der Waals surface area contributed by atoms with Crippen LogP contribution in [0.3, 0.4) is 0 Å². The zero-order chi connectivity index (χ0) is 12.9. The summed E-state index contributed by atoms with van der Waals surface area (Å²) in [6.45, 7) is 7.13. The molecule has 4 heteroatoms. The van der Waals surface area contributed by atoms with Crippen molar-refractivity contribution in [3.8, 4) is 0 Å². The molecule has 1 rings (SSSR count). The number of nitrogens with zero attached hydrogens (tertiary/aromatic N) is 1. The monoisotopic (exact) mass is 235 g/mol. The molecule has 0 atom stereocenters. The molecule has 0 fully saturated rings. The molecule has 0 aromatic carbocycles. The molecule has 0 aliphatic heterocycles. The number of nitrogens with one attached hydrogen (secondary N) is 2. The van der Waals surface area contributed by atoms with Gasteiger partial charge in [-0.25, -0.2) is 0 Å². The molecule has 0 aliphatic carbocycles. The van der Waals surface area contributed by atoms with Crippen LogP contribution in [0.1, 0.15) is 37.7 Å². The highest BCUT2D eigenvalue weighted by molar-refractivity contribution is 5.93. The molecule has 94 valence electrons. The lowest BCUT2D eigenvalue weighted by atomic mass is 9.92. The second-order valence-electron chi connectivity index (χ2n) is 5.25. The Balaban J connectivity index is 2.52. The van der Waals surface area contributed by atoms with Gasteiger partial charge in [0.25, 0.3) is 5.91 Å². The first-order valence-electron chi connectivity index (χ1n) is 5.84. The van der Waals surface area contributed by atoms with Crippen LogP contribution in [-0.2, 0) is 0 Å². The van der Waals surface area contributed by atoms with Crippen molar-refractivity contribution in [2.75, 3.05) is 18.9 Å². The number of hydrogen-bond acceptors (Lipinski definition) is 3. The Labute approximate surface area is 103 Å². The number of anilines is 1. The fourth-order valence-electron chi connectivity index (χ4n) is 1.35. The second kappa shape index (κ2) is 5.66. The van der Waals surface area contributed by atoms with Gasteiger partial charge in [-0.05, 0) is 24.0 Å². The molecule has 0 radical (unpaired) electrons. The maximum atomic E-state index is 11.8. The van der Waals surface area contributed by atoms with Gasteiger partial charge in [0.15, 0.2) is 0 Å². The first-order valence-corrected chi connectivity index (χ1v) is 5.84. The standard InChI is InChI=1S/C13H21N3O/c1-13(2,3)6-8-16-12(17)11-9-10(14-4)5-7-15-11/h5,7,9H,6,8H2,1-4H3,(H,14,15)(H,16,17). The van der Waals surface area contributed by atoms with Gasteiger partial charge >= 0.3 is 0 Å². The summed E-state index contributed by atoms with van der Waals surface area (Å²) < 4.78 is 0. The minimum atomic E-state index is -0.119. The second-order valence-corrected chi connectivity index (χ2v) is 5.25. The van der Waals surface area contributed by atoms with Crippen LogP contribution >= 0.6 is 0 Å². The van der Waals surface area contributed by atoms with Crippen LogP contribution in [0.2, 0.25) is 0 Å². The molecular formula is C13H21N3O. The SMILES string of the molecule is CNc1ccnc(C(=O)NCCC(C)(C)C)c1. The number of carbonyl (C=O) groups is 1. The van der Waals surface area contributed by atoms with E-state index in [4.69, 9.17) is 0 Å². The number of pyridine rings is 1. The highest BCUT2D eigenvalue weighted by atomic mass is 16.1. The Morgan fingerprint density at radius 2 is 2.12 bits per heavy atom. The molecule has 0 saturated carbocycles. The Morgan fingerprint density at radius 3 is 2.71 bits per heavy atom. The molecule has 4 nitrogen and oxygen atoms in total. The van der Waals surface area contributed by atoms with E-state index in [1.165, 1.54) is 0 Å². The van der Waals surface area contributed by atoms with E-state index >= 15 is 0 Å². The zero-order valence-corrected chi connectivity index (χ0v) is 11.0. The van der Waals surface area contributed by atoms with Crippen molar-refractivity contribution in [1.82, 2.24) is 10.3 Å². The fraction of sp³-hybridized carbons (Fsp3) is 0.538. The fourth-order valence-corrected chi connectivity index (χ4v) is 1.35. The van der Waals surface area contributed by atoms with Crippen LogP contribution in [0, 0.1) is 5.41 Å². The van der Waals surface area contributed by atoms with Crippen LogP contribution in [0.4, 0.5) is 5.69 Å². The molecule has 17 heavy (non-hydrogen) atoms. The molecule has 0 spiro atoms. The van der Waals surface area contributed by atoms with E-state index in [-0.39, 0.29) is 11.3 Å². The zero-order valence-electron chi connectivity index (χ0n) is 11.0. The van der Waals surface area contributed by atoms with Gasteiger partial charge in [-0.15, -0.1) is 0 Å². The number of hydrogen-bond donors (Lipinski definition) is 2. The van der Waals surface area contributed by atoms with Gasteiger partial charge in [0, 0.05) is 25.5 Å². The summed E-state index contributed by atoms with van der Waals surface area (Å²) in [5.74, 6) is -0.119. The third kappa shape index (κ3) is 4.85. The Morgan fingerprint density at radius 1 is 1.41 bits per heavy atom. The Bertz CT molecular complexity index is 382. The van der Waals surface area contributed by atoms with Crippen LogP contribution in [0.15, 0.2) is 18.3 Å². The van der Waals surface area contributed by atoms with E-state index in [9.17, 15) is 4.79 Å². The Kier molecular flexibility index (Phi) is 4.49. The summed E-state index contributed by atoms with van der Waals surface area (Å²) in [6, 6.07) is 3.57. The van der Waals surface area contributed by atoms with Crippen molar-refractivity contribution in [2.45, 2.75) is 27.2 Å². The predicted octanol–water partition coefficient (Wildman–Crippen LogP) is 2.29. The molecule has 0 saturated heterocycles. The normalized spacial score (nSPS) is 11.1. The molecule has 1 aromatic heterocycles. The molecule has 0 unspecified atom stereocenters. The highest BCUT2D eigenvalue weighted by Gasteiger charge is 2.12. The van der Waals surface area contributed by atoms with Gasteiger partial charge in [0.05, 0.1) is 0 Å². The predicted molar refractivity (Wildman–Crippen MR) is 70.2 cm³/mol. The van der Waals surface area contributed by atoms with Crippen LogP contribution < -0.4 is 10.6 Å². The van der Waals surface area contributed by atoms with Gasteiger partial charge in [0.2, 0.25) is 0 Å². The lowest BCUT2D eigenvalue weighted by Crippen LogP contribution is -2.27. The van der Waals surface area contributed by atoms with Gasteiger partial charge in [-0.1, -0.05) is 20.8 Å². The molecule has 0 aliphatic rings. The first kappa shape index (κ1) is 13.5. The summed E-state index contributed by atoms with van der Waals surface area (Å²) >= 11 is 0. The molecule has 1 amide bonds. The number of amides is 1. The van der Waals surface area contributed by atoms with Crippen molar-refractivity contribution in [1.29, 1.82) is 0 Å². The summed E-state index contributed by atoms with van der Waals surface area (Å²) in [7, 11) is 1.82. The van der Waals surface area contributed by atoms with Crippen molar-refractivity contribution in [2.24, 2.45) is 5.41 Å². The van der Waals surface area contributed by atoms with E-state index in [2.05, 4.69) is 36.4 Å². The molecule has 1 heterocycles. The van der Waals surface area contributed by atoms with Gasteiger partial charge in [0.1, 0.15) is 5.69 Å². The number of rotatable bonds is 4. The highest BCUT2D eigenvalue weighted by Crippen LogP contribution is 2.17. The molecule has 1 aromatic rings. The molecule has 0 bridgehead atoms. The van der Waals surface area contributed by atoms with Gasteiger partial charge < -0.3 is 10.6 Å². The van der Waals surface area contributed by atoms with Crippen LogP contribution in [-0.4, -0.2) is 24.5 Å². The first-order chi connectivity index (χ1) is 7.92. The van der Waals surface area contributed by atoms with Crippen LogP contribution in [0.25, 0.3) is 0 Å². The number of aromatic nitrogens is 1. The largest absolute Gasteiger partial charge is 0.388 e. The quantitative estimate of drug-likeness (QED) is 0.842. The van der Waals surface area contributed by atoms with Gasteiger partial charge in [-0.2, -0.15) is 0 Å². The van der Waals surface area contributed by atoms with Crippen molar-refractivity contribution < 1.29 is 4.79 Å².